The van der Waals surface area contributed by atoms with Gasteiger partial charge in [0.15, 0.2) is 0 Å². The van der Waals surface area contributed by atoms with E-state index in [-0.39, 0.29) is 11.2 Å². The summed E-state index contributed by atoms with van der Waals surface area (Å²) in [7, 11) is 5.08. The molecule has 0 saturated carbocycles. The number of rotatable bonds is 2. The summed E-state index contributed by atoms with van der Waals surface area (Å²) in [6.45, 7) is 4.05. The number of aromatic nitrogens is 3. The summed E-state index contributed by atoms with van der Waals surface area (Å²) in [5, 5.41) is 1.09. The molecule has 0 saturated heterocycles. The molecule has 0 atom stereocenters. The standard InChI is InChI=1S/C17H17N3O2/c1-11(14-10-19(3)17(22)20(4)16(14)21)12-5-6-15-13(9-12)7-8-18(15)2/h5-10H,1H2,2-4H3. The van der Waals surface area contributed by atoms with Gasteiger partial charge in [-0.15, -0.1) is 0 Å². The van der Waals surface area contributed by atoms with Gasteiger partial charge in [0.25, 0.3) is 5.56 Å². The van der Waals surface area contributed by atoms with E-state index in [1.807, 2.05) is 42.1 Å². The van der Waals surface area contributed by atoms with E-state index in [2.05, 4.69) is 6.58 Å². The lowest BCUT2D eigenvalue weighted by molar-refractivity contribution is 0.682. The first-order chi connectivity index (χ1) is 10.4. The van der Waals surface area contributed by atoms with Crippen molar-refractivity contribution in [3.8, 4) is 0 Å². The number of hydrogen-bond donors (Lipinski definition) is 0. The highest BCUT2D eigenvalue weighted by molar-refractivity contribution is 5.87. The second kappa shape index (κ2) is 4.87. The Morgan fingerprint density at radius 2 is 1.77 bits per heavy atom. The number of aryl methyl sites for hydroxylation is 2. The lowest BCUT2D eigenvalue weighted by Crippen LogP contribution is -2.38. The van der Waals surface area contributed by atoms with E-state index in [9.17, 15) is 9.59 Å². The van der Waals surface area contributed by atoms with E-state index in [0.29, 0.717) is 11.1 Å². The number of hydrogen-bond acceptors (Lipinski definition) is 2. The third-order valence-electron chi connectivity index (χ3n) is 4.01. The van der Waals surface area contributed by atoms with Gasteiger partial charge in [0.05, 0.1) is 5.56 Å². The van der Waals surface area contributed by atoms with Crippen LogP contribution >= 0.6 is 0 Å². The Morgan fingerprint density at radius 1 is 1.05 bits per heavy atom. The van der Waals surface area contributed by atoms with Crippen molar-refractivity contribution in [2.75, 3.05) is 0 Å². The van der Waals surface area contributed by atoms with Crippen LogP contribution in [0, 0.1) is 0 Å². The van der Waals surface area contributed by atoms with Gasteiger partial charge in [0.1, 0.15) is 0 Å². The Bertz CT molecular complexity index is 1020. The Morgan fingerprint density at radius 3 is 2.50 bits per heavy atom. The van der Waals surface area contributed by atoms with Crippen LogP contribution in [-0.4, -0.2) is 13.7 Å². The summed E-state index contributed by atoms with van der Waals surface area (Å²) < 4.78 is 4.53. The van der Waals surface area contributed by atoms with E-state index in [1.54, 1.807) is 13.2 Å². The zero-order chi connectivity index (χ0) is 16.0. The summed E-state index contributed by atoms with van der Waals surface area (Å²) in [6, 6.07) is 7.96. The molecule has 22 heavy (non-hydrogen) atoms. The summed E-state index contributed by atoms with van der Waals surface area (Å²) in [6.07, 6.45) is 3.53. The molecule has 3 rings (SSSR count). The van der Waals surface area contributed by atoms with E-state index >= 15 is 0 Å². The van der Waals surface area contributed by atoms with Gasteiger partial charge in [-0.25, -0.2) is 4.79 Å². The zero-order valence-corrected chi connectivity index (χ0v) is 12.8. The molecule has 0 N–H and O–H groups in total. The minimum atomic E-state index is -0.347. The summed E-state index contributed by atoms with van der Waals surface area (Å²) in [5.74, 6) is 0. The minimum absolute atomic E-state index is 0.332. The van der Waals surface area contributed by atoms with E-state index in [1.165, 1.54) is 11.6 Å². The Hall–Kier alpha value is -2.82. The van der Waals surface area contributed by atoms with E-state index < -0.39 is 0 Å². The molecule has 0 bridgehead atoms. The quantitative estimate of drug-likeness (QED) is 0.721. The van der Waals surface area contributed by atoms with Gasteiger partial charge in [-0.2, -0.15) is 0 Å². The fraction of sp³-hybridized carbons (Fsp3) is 0.176. The summed E-state index contributed by atoms with van der Waals surface area (Å²) in [4.78, 5) is 24.1. The monoisotopic (exact) mass is 295 g/mol. The molecule has 112 valence electrons. The number of benzene rings is 1. The maximum absolute atomic E-state index is 12.3. The predicted molar refractivity (Wildman–Crippen MR) is 88.0 cm³/mol. The second-order valence-electron chi connectivity index (χ2n) is 5.48. The molecule has 2 heterocycles. The van der Waals surface area contributed by atoms with Crippen molar-refractivity contribution in [1.82, 2.24) is 13.7 Å². The van der Waals surface area contributed by atoms with E-state index in [4.69, 9.17) is 0 Å². The molecular weight excluding hydrogens is 278 g/mol. The van der Waals surface area contributed by atoms with Crippen molar-refractivity contribution in [3.63, 3.8) is 0 Å². The molecule has 0 aliphatic rings. The Kier molecular flexibility index (Phi) is 3.13. The van der Waals surface area contributed by atoms with Crippen molar-refractivity contribution in [1.29, 1.82) is 0 Å². The van der Waals surface area contributed by atoms with Gasteiger partial charge in [-0.3, -0.25) is 9.36 Å². The van der Waals surface area contributed by atoms with Gasteiger partial charge in [0.2, 0.25) is 0 Å². The molecule has 1 aromatic carbocycles. The summed E-state index contributed by atoms with van der Waals surface area (Å²) in [5.41, 5.74) is 2.35. The molecule has 5 nitrogen and oxygen atoms in total. The Balaban J connectivity index is 2.17. The predicted octanol–water partition coefficient (Wildman–Crippen LogP) is 1.64. The first-order valence-electron chi connectivity index (χ1n) is 6.91. The van der Waals surface area contributed by atoms with Crippen molar-refractivity contribution >= 4 is 16.5 Å². The second-order valence-corrected chi connectivity index (χ2v) is 5.48. The third kappa shape index (κ3) is 2.02. The van der Waals surface area contributed by atoms with Gasteiger partial charge in [0, 0.05) is 44.4 Å². The normalized spacial score (nSPS) is 11.0. The fourth-order valence-corrected chi connectivity index (χ4v) is 2.64. The highest BCUT2D eigenvalue weighted by atomic mass is 16.2. The van der Waals surface area contributed by atoms with Crippen LogP contribution in [0.3, 0.4) is 0 Å². The lowest BCUT2D eigenvalue weighted by Gasteiger charge is -2.10. The largest absolute Gasteiger partial charge is 0.351 e. The molecule has 0 spiro atoms. The maximum Gasteiger partial charge on any atom is 0.330 e. The van der Waals surface area contributed by atoms with Crippen LogP contribution in [-0.2, 0) is 21.1 Å². The zero-order valence-electron chi connectivity index (χ0n) is 12.8. The molecule has 0 radical (unpaired) electrons. The molecule has 5 heteroatoms. The molecule has 0 unspecified atom stereocenters. The fourth-order valence-electron chi connectivity index (χ4n) is 2.64. The van der Waals surface area contributed by atoms with Crippen molar-refractivity contribution < 1.29 is 0 Å². The van der Waals surface area contributed by atoms with Gasteiger partial charge < -0.3 is 9.13 Å². The average molecular weight is 295 g/mol. The number of nitrogens with zero attached hydrogens (tertiary/aromatic N) is 3. The maximum atomic E-state index is 12.3. The lowest BCUT2D eigenvalue weighted by atomic mass is 10.0. The number of fused-ring (bicyclic) bond motifs is 1. The molecule has 0 fully saturated rings. The Labute approximate surface area is 127 Å². The summed E-state index contributed by atoms with van der Waals surface area (Å²) >= 11 is 0. The first kappa shape index (κ1) is 14.1. The van der Waals surface area contributed by atoms with Crippen LogP contribution < -0.4 is 11.2 Å². The smallest absolute Gasteiger partial charge is 0.330 e. The molecule has 3 aromatic rings. The van der Waals surface area contributed by atoms with Gasteiger partial charge in [-0.1, -0.05) is 12.6 Å². The topological polar surface area (TPSA) is 48.9 Å². The molecule has 0 aliphatic carbocycles. The third-order valence-corrected chi connectivity index (χ3v) is 4.01. The average Bonchev–Trinajstić information content (AvgIpc) is 2.89. The van der Waals surface area contributed by atoms with Crippen molar-refractivity contribution in [3.05, 3.63) is 75.2 Å². The van der Waals surface area contributed by atoms with Crippen LogP contribution in [0.2, 0.25) is 0 Å². The van der Waals surface area contributed by atoms with Crippen molar-refractivity contribution in [2.45, 2.75) is 0 Å². The minimum Gasteiger partial charge on any atom is -0.351 e. The van der Waals surface area contributed by atoms with Crippen LogP contribution in [0.25, 0.3) is 16.5 Å². The van der Waals surface area contributed by atoms with Crippen LogP contribution in [0.1, 0.15) is 11.1 Å². The van der Waals surface area contributed by atoms with Crippen molar-refractivity contribution in [2.24, 2.45) is 21.1 Å². The van der Waals surface area contributed by atoms with Crippen LogP contribution in [0.4, 0.5) is 0 Å². The molecular formula is C17H17N3O2. The highest BCUT2D eigenvalue weighted by Gasteiger charge is 2.12. The SMILES string of the molecule is C=C(c1ccc2c(ccn2C)c1)c1cn(C)c(=O)n(C)c1=O. The van der Waals surface area contributed by atoms with Gasteiger partial charge in [-0.05, 0) is 29.3 Å². The van der Waals surface area contributed by atoms with Crippen LogP contribution in [0.15, 0.2) is 52.8 Å². The molecule has 2 aromatic heterocycles. The molecule has 0 aliphatic heterocycles. The van der Waals surface area contributed by atoms with Crippen LogP contribution in [0.5, 0.6) is 0 Å². The van der Waals surface area contributed by atoms with E-state index in [0.717, 1.165) is 21.0 Å². The molecule has 0 amide bonds. The first-order valence-corrected chi connectivity index (χ1v) is 6.91. The van der Waals surface area contributed by atoms with Gasteiger partial charge >= 0.3 is 5.69 Å². The highest BCUT2D eigenvalue weighted by Crippen LogP contribution is 2.23.